The van der Waals surface area contributed by atoms with Crippen molar-refractivity contribution in [2.45, 2.75) is 0 Å². The molecule has 0 aliphatic heterocycles. The average Bonchev–Trinajstić information content (AvgIpc) is 1.12. The third-order valence-corrected chi connectivity index (χ3v) is 0. The van der Waals surface area contributed by atoms with Gasteiger partial charge in [0.25, 0.3) is 0 Å². The van der Waals surface area contributed by atoms with Crippen LogP contribution in [-0.2, 0) is 0 Å². The van der Waals surface area contributed by atoms with Crippen LogP contribution in [0.1, 0.15) is 0 Å². The van der Waals surface area contributed by atoms with Crippen molar-refractivity contribution in [1.29, 1.82) is 0 Å². The van der Waals surface area contributed by atoms with Gasteiger partial charge in [-0.25, -0.2) is 0 Å². The third-order valence-electron chi connectivity index (χ3n) is 0. The van der Waals surface area contributed by atoms with E-state index in [0.717, 1.165) is 0 Å². The van der Waals surface area contributed by atoms with Crippen molar-refractivity contribution in [3.8, 4) is 0 Å². The van der Waals surface area contributed by atoms with Gasteiger partial charge in [-0.15, -0.1) is 0 Å². The second-order valence-electron chi connectivity index (χ2n) is 0.990. The minimum absolute atomic E-state index is 0. The van der Waals surface area contributed by atoms with Gasteiger partial charge in [0.1, 0.15) is 0 Å². The highest BCUT2D eigenvalue weighted by molar-refractivity contribution is 6.50. The van der Waals surface area contributed by atoms with Gasteiger partial charge in [0.15, 0.2) is 0 Å². The molecule has 0 aliphatic carbocycles. The van der Waals surface area contributed by atoms with Crippen LogP contribution in [0.15, 0.2) is 0 Å². The first-order valence-corrected chi connectivity index (χ1v) is 1.75. The topological polar surface area (TPSA) is 31.5 Å². The molecular formula is H2B2F8O-2. The zero-order valence-corrected chi connectivity index (χ0v) is 4.68. The lowest BCUT2D eigenvalue weighted by Crippen LogP contribution is -2.02. The summed E-state index contributed by atoms with van der Waals surface area (Å²) in [7, 11) is -12.0. The quantitative estimate of drug-likeness (QED) is 0.413. The predicted molar refractivity (Wildman–Crippen MR) is 24.0 cm³/mol. The molecule has 0 rings (SSSR count). The summed E-state index contributed by atoms with van der Waals surface area (Å²) in [5.74, 6) is 0. The smallest absolute Gasteiger partial charge is 0.418 e. The second kappa shape index (κ2) is 5.22. The molecule has 1 nitrogen and oxygen atoms in total. The molecule has 0 fully saturated rings. The second-order valence-corrected chi connectivity index (χ2v) is 0.990. The maximum absolute atomic E-state index is 9.75. The molecule has 0 aliphatic rings. The molecule has 0 atom stereocenters. The molecule has 0 heterocycles. The van der Waals surface area contributed by atoms with Gasteiger partial charge in [-0.2, -0.15) is 0 Å². The van der Waals surface area contributed by atoms with Crippen molar-refractivity contribution in [2.75, 3.05) is 0 Å². The first-order chi connectivity index (χ1) is 4.00. The Labute approximate surface area is 55.9 Å². The van der Waals surface area contributed by atoms with Crippen LogP contribution in [-0.4, -0.2) is 20.0 Å². The molecule has 2 N–H and O–H groups in total. The Bertz CT molecular complexity index is 55.1. The Morgan fingerprint density at radius 1 is 0.455 bits per heavy atom. The van der Waals surface area contributed by atoms with Crippen LogP contribution in [0.25, 0.3) is 0 Å². The summed E-state index contributed by atoms with van der Waals surface area (Å²) < 4.78 is 78.0. The fourth-order valence-corrected chi connectivity index (χ4v) is 0. The maximum Gasteiger partial charge on any atom is 0.673 e. The van der Waals surface area contributed by atoms with E-state index in [9.17, 15) is 34.5 Å². The van der Waals surface area contributed by atoms with E-state index in [-0.39, 0.29) is 5.48 Å². The van der Waals surface area contributed by atoms with Gasteiger partial charge >= 0.3 is 14.5 Å². The highest BCUT2D eigenvalue weighted by Gasteiger charge is 2.21. The highest BCUT2D eigenvalue weighted by Crippen LogP contribution is 2.07. The summed E-state index contributed by atoms with van der Waals surface area (Å²) >= 11 is 0. The molecule has 11 heteroatoms. The van der Waals surface area contributed by atoms with Crippen LogP contribution in [0.2, 0.25) is 0 Å². The normalized spacial score (nSPS) is 10.9. The van der Waals surface area contributed by atoms with Gasteiger partial charge in [-0.05, 0) is 0 Å². The number of rotatable bonds is 0. The van der Waals surface area contributed by atoms with E-state index in [1.807, 2.05) is 0 Å². The summed E-state index contributed by atoms with van der Waals surface area (Å²) in [6.07, 6.45) is 0. The Hall–Kier alpha value is -0.470. The van der Waals surface area contributed by atoms with E-state index in [4.69, 9.17) is 0 Å². The van der Waals surface area contributed by atoms with Crippen molar-refractivity contribution in [3.63, 3.8) is 0 Å². The summed E-state index contributed by atoms with van der Waals surface area (Å²) in [5.41, 5.74) is 0. The molecule has 72 valence electrons. The summed E-state index contributed by atoms with van der Waals surface area (Å²) in [5, 5.41) is 0. The molecule has 0 radical (unpaired) electrons. The van der Waals surface area contributed by atoms with Crippen LogP contribution in [0.3, 0.4) is 0 Å². The van der Waals surface area contributed by atoms with Crippen molar-refractivity contribution >= 4 is 14.5 Å². The Kier molecular flexibility index (Phi) is 8.00. The van der Waals surface area contributed by atoms with Gasteiger partial charge in [0.05, 0.1) is 0 Å². The zero-order valence-electron chi connectivity index (χ0n) is 4.68. The first kappa shape index (κ1) is 16.9. The first-order valence-electron chi connectivity index (χ1n) is 1.75. The van der Waals surface area contributed by atoms with E-state index < -0.39 is 14.5 Å². The molecule has 11 heavy (non-hydrogen) atoms. The van der Waals surface area contributed by atoms with Crippen molar-refractivity contribution in [3.05, 3.63) is 0 Å². The molecule has 0 saturated heterocycles. The van der Waals surface area contributed by atoms with Crippen LogP contribution < -0.4 is 0 Å². The minimum Gasteiger partial charge on any atom is -0.418 e. The minimum atomic E-state index is -6.00. The summed E-state index contributed by atoms with van der Waals surface area (Å²) in [4.78, 5) is 0. The molecule has 0 aromatic carbocycles. The fraction of sp³-hybridized carbons (Fsp3) is 0. The molecule has 0 unspecified atom stereocenters. The van der Waals surface area contributed by atoms with Gasteiger partial charge in [-0.3, -0.25) is 0 Å². The summed E-state index contributed by atoms with van der Waals surface area (Å²) in [6.45, 7) is 0. The van der Waals surface area contributed by atoms with Crippen LogP contribution in [0, 0.1) is 0 Å². The number of hydrogen-bond acceptors (Lipinski definition) is 0. The third kappa shape index (κ3) is 2440. The predicted octanol–water partition coefficient (Wildman–Crippen LogP) is 1.78. The number of hydrogen-bond donors (Lipinski definition) is 0. The van der Waals surface area contributed by atoms with E-state index in [2.05, 4.69) is 0 Å². The number of halogens is 8. The molecule has 0 amide bonds. The van der Waals surface area contributed by atoms with Crippen molar-refractivity contribution in [2.24, 2.45) is 0 Å². The van der Waals surface area contributed by atoms with Crippen LogP contribution >= 0.6 is 0 Å². The lowest BCUT2D eigenvalue weighted by molar-refractivity contribution is 0.366. The van der Waals surface area contributed by atoms with E-state index in [0.29, 0.717) is 0 Å². The molecule has 0 spiro atoms. The molecule has 0 aromatic rings. The maximum atomic E-state index is 9.75. The van der Waals surface area contributed by atoms with E-state index in [1.165, 1.54) is 0 Å². The van der Waals surface area contributed by atoms with Gasteiger partial charge in [0.2, 0.25) is 0 Å². The van der Waals surface area contributed by atoms with Crippen LogP contribution in [0.4, 0.5) is 34.5 Å². The van der Waals surface area contributed by atoms with Gasteiger partial charge < -0.3 is 40.0 Å². The van der Waals surface area contributed by atoms with E-state index >= 15 is 0 Å². The molecular weight excluding hydrogens is 190 g/mol. The largest absolute Gasteiger partial charge is 0.673 e. The lowest BCUT2D eigenvalue weighted by Gasteiger charge is -1.94. The molecule has 0 saturated carbocycles. The zero-order chi connectivity index (χ0) is 9.00. The Balaban J connectivity index is -0.000000107. The van der Waals surface area contributed by atoms with E-state index in [1.54, 1.807) is 0 Å². The average molecular weight is 192 g/mol. The summed E-state index contributed by atoms with van der Waals surface area (Å²) in [6, 6.07) is 0. The monoisotopic (exact) mass is 192 g/mol. The Morgan fingerprint density at radius 2 is 0.455 bits per heavy atom. The molecule has 0 bridgehead atoms. The highest BCUT2D eigenvalue weighted by atomic mass is 19.5. The van der Waals surface area contributed by atoms with Gasteiger partial charge in [-0.1, -0.05) is 0 Å². The molecule has 0 aromatic heterocycles. The van der Waals surface area contributed by atoms with Crippen LogP contribution in [0.5, 0.6) is 0 Å². The van der Waals surface area contributed by atoms with Crippen molar-refractivity contribution in [1.82, 2.24) is 0 Å². The van der Waals surface area contributed by atoms with Gasteiger partial charge in [0, 0.05) is 0 Å². The Morgan fingerprint density at radius 3 is 0.455 bits per heavy atom. The standard InChI is InChI=1S/2BF4.H2O/c2*2-1(3,4)5;/h;;1H2/q2*-1;. The lowest BCUT2D eigenvalue weighted by atomic mass is 10.3. The fourth-order valence-electron chi connectivity index (χ4n) is 0. The SMILES string of the molecule is F[B-](F)(F)F.F[B-](F)(F)F.O. The van der Waals surface area contributed by atoms with Crippen molar-refractivity contribution < 1.29 is 40.0 Å².